The molecule has 0 aliphatic rings. The molecule has 0 aliphatic carbocycles. The Balaban J connectivity index is 1.45. The number of fused-ring (bicyclic) bond motifs is 1. The van der Waals surface area contributed by atoms with Crippen LogP contribution < -0.4 is 5.32 Å². The number of alkyl halides is 3. The topological polar surface area (TPSA) is 56.2 Å². The van der Waals surface area contributed by atoms with Crippen LogP contribution in [-0.4, -0.2) is 34.8 Å². The predicted octanol–water partition coefficient (Wildman–Crippen LogP) is 4.24. The third-order valence-electron chi connectivity index (χ3n) is 4.44. The molecule has 1 amide bonds. The Kier molecular flexibility index (Phi) is 6.53. The molecular formula is C21H22F3N3O2. The van der Waals surface area contributed by atoms with E-state index in [0.717, 1.165) is 29.8 Å². The third kappa shape index (κ3) is 5.80. The number of aryl methyl sites for hydroxylation is 2. The lowest BCUT2D eigenvalue weighted by Gasteiger charge is -2.09. The molecule has 3 rings (SSSR count). The van der Waals surface area contributed by atoms with E-state index in [1.54, 1.807) is 24.3 Å². The summed E-state index contributed by atoms with van der Waals surface area (Å²) in [5, 5.41) is 2.86. The highest BCUT2D eigenvalue weighted by Gasteiger charge is 2.27. The van der Waals surface area contributed by atoms with Gasteiger partial charge in [-0.25, -0.2) is 4.98 Å². The number of para-hydroxylation sites is 2. The molecule has 1 aromatic heterocycles. The van der Waals surface area contributed by atoms with E-state index < -0.39 is 12.8 Å². The summed E-state index contributed by atoms with van der Waals surface area (Å²) in [6, 6.07) is 14.3. The van der Waals surface area contributed by atoms with Crippen LogP contribution in [0.1, 0.15) is 28.2 Å². The Morgan fingerprint density at radius 3 is 2.59 bits per heavy atom. The van der Waals surface area contributed by atoms with Gasteiger partial charge in [-0.2, -0.15) is 13.2 Å². The zero-order valence-corrected chi connectivity index (χ0v) is 16.0. The minimum Gasteiger partial charge on any atom is -0.367 e. The Morgan fingerprint density at radius 1 is 1.14 bits per heavy atom. The fourth-order valence-corrected chi connectivity index (χ4v) is 3.06. The summed E-state index contributed by atoms with van der Waals surface area (Å²) < 4.78 is 43.0. The lowest BCUT2D eigenvalue weighted by molar-refractivity contribution is -0.176. The fourth-order valence-electron chi connectivity index (χ4n) is 3.06. The van der Waals surface area contributed by atoms with E-state index in [0.29, 0.717) is 17.7 Å². The molecule has 1 heterocycles. The summed E-state index contributed by atoms with van der Waals surface area (Å²) in [7, 11) is 0. The van der Waals surface area contributed by atoms with Crippen LogP contribution in [0.25, 0.3) is 11.0 Å². The number of amides is 1. The zero-order valence-electron chi connectivity index (χ0n) is 16.0. The van der Waals surface area contributed by atoms with Crippen LogP contribution in [0.2, 0.25) is 0 Å². The highest BCUT2D eigenvalue weighted by Crippen LogP contribution is 2.17. The largest absolute Gasteiger partial charge is 0.411 e. The first-order chi connectivity index (χ1) is 13.8. The van der Waals surface area contributed by atoms with Crippen LogP contribution in [0.15, 0.2) is 48.5 Å². The van der Waals surface area contributed by atoms with E-state index in [9.17, 15) is 18.0 Å². The molecule has 2 aromatic carbocycles. The molecule has 5 nitrogen and oxygen atoms in total. The number of carbonyl (C=O) groups excluding carboxylic acids is 1. The van der Waals surface area contributed by atoms with Gasteiger partial charge in [0.05, 0.1) is 17.6 Å². The average molecular weight is 405 g/mol. The van der Waals surface area contributed by atoms with Crippen molar-refractivity contribution in [1.82, 2.24) is 14.9 Å². The second kappa shape index (κ2) is 9.09. The van der Waals surface area contributed by atoms with Gasteiger partial charge in [0.25, 0.3) is 5.91 Å². The van der Waals surface area contributed by atoms with Crippen LogP contribution in [0, 0.1) is 6.92 Å². The van der Waals surface area contributed by atoms with Gasteiger partial charge in [0.1, 0.15) is 12.4 Å². The first-order valence-corrected chi connectivity index (χ1v) is 9.27. The monoisotopic (exact) mass is 405 g/mol. The number of hydrogen-bond donors (Lipinski definition) is 1. The number of carbonyl (C=O) groups is 1. The highest BCUT2D eigenvalue weighted by molar-refractivity contribution is 5.94. The number of benzene rings is 2. The molecule has 0 radical (unpaired) electrons. The SMILES string of the molecule is Cc1nc2ccccc2n1CCCNC(=O)c1ccc(COCC(F)(F)F)cc1. The number of nitrogens with one attached hydrogen (secondary N) is 1. The van der Waals surface area contributed by atoms with Crippen molar-refractivity contribution in [2.75, 3.05) is 13.2 Å². The van der Waals surface area contributed by atoms with Gasteiger partial charge in [-0.3, -0.25) is 4.79 Å². The van der Waals surface area contributed by atoms with Crippen molar-refractivity contribution in [3.05, 3.63) is 65.5 Å². The molecule has 3 aromatic rings. The maximum absolute atomic E-state index is 12.2. The molecular weight excluding hydrogens is 383 g/mol. The van der Waals surface area contributed by atoms with Crippen molar-refractivity contribution in [1.29, 1.82) is 0 Å². The second-order valence-electron chi connectivity index (χ2n) is 6.71. The molecule has 0 atom stereocenters. The number of ether oxygens (including phenoxy) is 1. The van der Waals surface area contributed by atoms with E-state index in [4.69, 9.17) is 0 Å². The molecule has 154 valence electrons. The number of halogens is 3. The minimum absolute atomic E-state index is 0.153. The predicted molar refractivity (Wildman–Crippen MR) is 104 cm³/mol. The number of imidazole rings is 1. The fraction of sp³-hybridized carbons (Fsp3) is 0.333. The first kappa shape index (κ1) is 20.9. The maximum Gasteiger partial charge on any atom is 0.411 e. The molecule has 0 fully saturated rings. The Bertz CT molecular complexity index is 965. The van der Waals surface area contributed by atoms with Crippen molar-refractivity contribution in [2.24, 2.45) is 0 Å². The van der Waals surface area contributed by atoms with Gasteiger partial charge in [-0.05, 0) is 43.2 Å². The van der Waals surface area contributed by atoms with Crippen LogP contribution in [0.3, 0.4) is 0 Å². The zero-order chi connectivity index (χ0) is 20.9. The minimum atomic E-state index is -4.35. The van der Waals surface area contributed by atoms with Crippen molar-refractivity contribution in [2.45, 2.75) is 32.7 Å². The molecule has 1 N–H and O–H groups in total. The maximum atomic E-state index is 12.2. The van der Waals surface area contributed by atoms with Gasteiger partial charge in [-0.15, -0.1) is 0 Å². The smallest absolute Gasteiger partial charge is 0.367 e. The molecule has 8 heteroatoms. The summed E-state index contributed by atoms with van der Waals surface area (Å²) >= 11 is 0. The summed E-state index contributed by atoms with van der Waals surface area (Å²) in [6.45, 7) is 1.75. The van der Waals surface area contributed by atoms with E-state index in [-0.39, 0.29) is 12.5 Å². The number of aromatic nitrogens is 2. The van der Waals surface area contributed by atoms with Crippen LogP contribution in [-0.2, 0) is 17.9 Å². The first-order valence-electron chi connectivity index (χ1n) is 9.27. The van der Waals surface area contributed by atoms with Gasteiger partial charge in [-0.1, -0.05) is 24.3 Å². The molecule has 0 aliphatic heterocycles. The van der Waals surface area contributed by atoms with E-state index in [1.807, 2.05) is 31.2 Å². The quantitative estimate of drug-likeness (QED) is 0.570. The Hall–Kier alpha value is -2.87. The molecule has 0 unspecified atom stereocenters. The average Bonchev–Trinajstić information content (AvgIpc) is 3.00. The van der Waals surface area contributed by atoms with E-state index >= 15 is 0 Å². The van der Waals surface area contributed by atoms with Gasteiger partial charge in [0.15, 0.2) is 0 Å². The molecule has 0 saturated heterocycles. The summed E-state index contributed by atoms with van der Waals surface area (Å²) in [6.07, 6.45) is -3.60. The van der Waals surface area contributed by atoms with Gasteiger partial charge in [0, 0.05) is 18.7 Å². The lowest BCUT2D eigenvalue weighted by atomic mass is 10.1. The van der Waals surface area contributed by atoms with Crippen LogP contribution >= 0.6 is 0 Å². The normalized spacial score (nSPS) is 11.7. The molecule has 0 spiro atoms. The summed E-state index contributed by atoms with van der Waals surface area (Å²) in [5.41, 5.74) is 3.05. The van der Waals surface area contributed by atoms with Crippen LogP contribution in [0.5, 0.6) is 0 Å². The van der Waals surface area contributed by atoms with Crippen LogP contribution in [0.4, 0.5) is 13.2 Å². The Labute approximate surface area is 166 Å². The van der Waals surface area contributed by atoms with Gasteiger partial charge < -0.3 is 14.6 Å². The lowest BCUT2D eigenvalue weighted by Crippen LogP contribution is -2.25. The Morgan fingerprint density at radius 2 is 1.86 bits per heavy atom. The van der Waals surface area contributed by atoms with E-state index in [2.05, 4.69) is 19.6 Å². The second-order valence-corrected chi connectivity index (χ2v) is 6.71. The number of nitrogens with zero attached hydrogens (tertiary/aromatic N) is 2. The van der Waals surface area contributed by atoms with Crippen molar-refractivity contribution in [3.8, 4) is 0 Å². The van der Waals surface area contributed by atoms with Gasteiger partial charge in [0.2, 0.25) is 0 Å². The molecule has 0 bridgehead atoms. The molecule has 29 heavy (non-hydrogen) atoms. The summed E-state index contributed by atoms with van der Waals surface area (Å²) in [5.74, 6) is 0.709. The van der Waals surface area contributed by atoms with E-state index in [1.165, 1.54) is 0 Å². The van der Waals surface area contributed by atoms with Crippen molar-refractivity contribution < 1.29 is 22.7 Å². The van der Waals surface area contributed by atoms with Gasteiger partial charge >= 0.3 is 6.18 Å². The standard InChI is InChI=1S/C21H22F3N3O2/c1-15-26-18-5-2-3-6-19(18)27(15)12-4-11-25-20(28)17-9-7-16(8-10-17)13-29-14-21(22,23)24/h2-3,5-10H,4,11-14H2,1H3,(H,25,28). The number of hydrogen-bond acceptors (Lipinski definition) is 3. The highest BCUT2D eigenvalue weighted by atomic mass is 19.4. The van der Waals surface area contributed by atoms with Crippen molar-refractivity contribution in [3.63, 3.8) is 0 Å². The number of rotatable bonds is 8. The molecule has 0 saturated carbocycles. The van der Waals surface area contributed by atoms with Crippen molar-refractivity contribution >= 4 is 16.9 Å². The third-order valence-corrected chi connectivity index (χ3v) is 4.44. The summed E-state index contributed by atoms with van der Waals surface area (Å²) in [4.78, 5) is 16.8.